The third-order valence-corrected chi connectivity index (χ3v) is 2.34. The van der Waals surface area contributed by atoms with E-state index < -0.39 is 11.6 Å². The van der Waals surface area contributed by atoms with Crippen LogP contribution in [-0.4, -0.2) is 35.2 Å². The summed E-state index contributed by atoms with van der Waals surface area (Å²) in [5.41, 5.74) is 5.12. The summed E-state index contributed by atoms with van der Waals surface area (Å²) in [5.74, 6) is -0.570. The van der Waals surface area contributed by atoms with Crippen molar-refractivity contribution in [2.24, 2.45) is 5.16 Å². The van der Waals surface area contributed by atoms with Crippen molar-refractivity contribution in [1.82, 2.24) is 4.98 Å². The highest BCUT2D eigenvalue weighted by Crippen LogP contribution is 2.11. The molecule has 19 heavy (non-hydrogen) atoms. The van der Waals surface area contributed by atoms with E-state index in [4.69, 9.17) is 15.3 Å². The molecule has 0 saturated carbocycles. The number of rotatable bonds is 5. The summed E-state index contributed by atoms with van der Waals surface area (Å²) in [5, 5.41) is 5.42. The molecule has 0 aliphatic heterocycles. The first-order chi connectivity index (χ1) is 8.81. The van der Waals surface area contributed by atoms with E-state index in [1.165, 1.54) is 11.3 Å². The van der Waals surface area contributed by atoms with Crippen molar-refractivity contribution in [3.8, 4) is 0 Å². The normalized spacial score (nSPS) is 12.1. The smallest absolute Gasteiger partial charge is 0.347 e. The Morgan fingerprint density at radius 3 is 2.74 bits per heavy atom. The van der Waals surface area contributed by atoms with Gasteiger partial charge in [0, 0.05) is 5.38 Å². The number of aromatic nitrogens is 1. The molecule has 2 N–H and O–H groups in total. The van der Waals surface area contributed by atoms with Crippen LogP contribution < -0.4 is 5.73 Å². The van der Waals surface area contributed by atoms with Gasteiger partial charge in [0.2, 0.25) is 6.61 Å². The van der Waals surface area contributed by atoms with Crippen LogP contribution in [0.25, 0.3) is 0 Å². The highest BCUT2D eigenvalue weighted by Gasteiger charge is 2.16. The number of carbonyl (C=O) groups excluding carboxylic acids is 2. The topological polar surface area (TPSA) is 104 Å². The monoisotopic (exact) mass is 285 g/mol. The Kier molecular flexibility index (Phi) is 4.99. The van der Waals surface area contributed by atoms with Crippen LogP contribution >= 0.6 is 11.3 Å². The molecule has 0 spiro atoms. The Morgan fingerprint density at radius 1 is 1.58 bits per heavy atom. The van der Waals surface area contributed by atoms with E-state index >= 15 is 0 Å². The van der Waals surface area contributed by atoms with Gasteiger partial charge in [0.25, 0.3) is 0 Å². The number of thiazole rings is 1. The first-order valence-corrected chi connectivity index (χ1v) is 6.28. The van der Waals surface area contributed by atoms with Gasteiger partial charge in [-0.1, -0.05) is 5.16 Å². The van der Waals surface area contributed by atoms with E-state index in [0.29, 0.717) is 17.1 Å². The van der Waals surface area contributed by atoms with Gasteiger partial charge in [-0.3, -0.25) is 4.79 Å². The molecule has 1 heterocycles. The van der Waals surface area contributed by atoms with Crippen molar-refractivity contribution in [1.29, 1.82) is 0 Å². The second kappa shape index (κ2) is 6.28. The van der Waals surface area contributed by atoms with Crippen molar-refractivity contribution in [3.63, 3.8) is 0 Å². The lowest BCUT2D eigenvalue weighted by molar-refractivity contribution is -0.160. The average Bonchev–Trinajstić information content (AvgIpc) is 2.68. The summed E-state index contributed by atoms with van der Waals surface area (Å²) >= 11 is 1.18. The molecule has 0 amide bonds. The molecular weight excluding hydrogens is 270 g/mol. The molecule has 0 bridgehead atoms. The second-order valence-electron chi connectivity index (χ2n) is 4.53. The lowest BCUT2D eigenvalue weighted by atomic mass is 10.2. The van der Waals surface area contributed by atoms with Gasteiger partial charge in [-0.25, -0.2) is 9.78 Å². The van der Waals surface area contributed by atoms with E-state index in [-0.39, 0.29) is 12.3 Å². The first kappa shape index (κ1) is 15.1. The molecule has 0 aromatic carbocycles. The predicted molar refractivity (Wildman–Crippen MR) is 70.9 cm³/mol. The number of oxime groups is 1. The van der Waals surface area contributed by atoms with Crippen molar-refractivity contribution in [3.05, 3.63) is 11.1 Å². The largest absolute Gasteiger partial charge is 0.457 e. The molecule has 0 aliphatic carbocycles. The Bertz CT molecular complexity index is 490. The Labute approximate surface area is 114 Å². The molecule has 8 heteroatoms. The van der Waals surface area contributed by atoms with Crippen molar-refractivity contribution in [2.45, 2.75) is 26.4 Å². The van der Waals surface area contributed by atoms with E-state index in [0.717, 1.165) is 0 Å². The molecular formula is C11H15N3O4S. The van der Waals surface area contributed by atoms with Crippen LogP contribution in [0.15, 0.2) is 10.5 Å². The number of carbonyl (C=O) groups is 2. The third-order valence-electron chi connectivity index (χ3n) is 1.66. The number of nitrogen functional groups attached to an aromatic ring is 1. The van der Waals surface area contributed by atoms with Crippen LogP contribution in [0.1, 0.15) is 26.5 Å². The fraction of sp³-hybridized carbons (Fsp3) is 0.455. The zero-order valence-electron chi connectivity index (χ0n) is 10.9. The lowest BCUT2D eigenvalue weighted by Gasteiger charge is -2.18. The minimum atomic E-state index is -0.596. The minimum absolute atomic E-state index is 0.0310. The zero-order valence-corrected chi connectivity index (χ0v) is 11.7. The van der Waals surface area contributed by atoms with Crippen LogP contribution in [0, 0.1) is 0 Å². The van der Waals surface area contributed by atoms with Gasteiger partial charge in [-0.2, -0.15) is 0 Å². The van der Waals surface area contributed by atoms with Gasteiger partial charge in [0.15, 0.2) is 17.1 Å². The van der Waals surface area contributed by atoms with Crippen molar-refractivity contribution < 1.29 is 19.2 Å². The van der Waals surface area contributed by atoms with Gasteiger partial charge in [-0.05, 0) is 20.8 Å². The quantitative estimate of drug-likeness (QED) is 0.374. The van der Waals surface area contributed by atoms with Crippen LogP contribution in [0.2, 0.25) is 0 Å². The number of hydrogen-bond acceptors (Lipinski definition) is 8. The molecule has 1 aromatic rings. The third kappa shape index (κ3) is 5.47. The fourth-order valence-electron chi connectivity index (χ4n) is 1.06. The van der Waals surface area contributed by atoms with E-state index in [9.17, 15) is 9.59 Å². The summed E-state index contributed by atoms with van der Waals surface area (Å²) in [7, 11) is 0. The number of ether oxygens (including phenoxy) is 1. The molecule has 104 valence electrons. The summed E-state index contributed by atoms with van der Waals surface area (Å²) in [4.78, 5) is 30.8. The highest BCUT2D eigenvalue weighted by molar-refractivity contribution is 7.13. The first-order valence-electron chi connectivity index (χ1n) is 5.40. The van der Waals surface area contributed by atoms with Gasteiger partial charge in [0.05, 0.1) is 0 Å². The van der Waals surface area contributed by atoms with Crippen molar-refractivity contribution >= 4 is 34.4 Å². The van der Waals surface area contributed by atoms with E-state index in [1.807, 2.05) is 0 Å². The molecule has 1 rings (SSSR count). The van der Waals surface area contributed by atoms with Crippen molar-refractivity contribution in [2.75, 3.05) is 12.3 Å². The summed E-state index contributed by atoms with van der Waals surface area (Å²) < 4.78 is 5.01. The maximum Gasteiger partial charge on any atom is 0.347 e. The average molecular weight is 285 g/mol. The molecule has 1 aromatic heterocycles. The van der Waals surface area contributed by atoms with Gasteiger partial charge >= 0.3 is 5.97 Å². The standard InChI is InChI=1S/C11H15N3O4S/c1-11(2,3)18-9(16)5-17-14-7(4-15)8-6-19-10(12)13-8/h4,6H,5H2,1-3H3,(H2,12,13). The van der Waals surface area contributed by atoms with Crippen LogP contribution in [0.4, 0.5) is 5.13 Å². The number of aldehydes is 1. The predicted octanol–water partition coefficient (Wildman–Crippen LogP) is 0.987. The second-order valence-corrected chi connectivity index (χ2v) is 5.41. The Hall–Kier alpha value is -1.96. The number of anilines is 1. The molecule has 0 atom stereocenters. The van der Waals surface area contributed by atoms with Gasteiger partial charge in [-0.15, -0.1) is 11.3 Å². The molecule has 0 radical (unpaired) electrons. The number of nitrogens with zero attached hydrogens (tertiary/aromatic N) is 2. The molecule has 7 nitrogen and oxygen atoms in total. The molecule has 0 unspecified atom stereocenters. The van der Waals surface area contributed by atoms with Crippen LogP contribution in [-0.2, 0) is 19.2 Å². The zero-order chi connectivity index (χ0) is 14.5. The Balaban J connectivity index is 2.55. The minimum Gasteiger partial charge on any atom is -0.457 e. The van der Waals surface area contributed by atoms with Crippen LogP contribution in [0.5, 0.6) is 0 Å². The maximum absolute atomic E-state index is 11.3. The Morgan fingerprint density at radius 2 is 2.26 bits per heavy atom. The number of esters is 1. The van der Waals surface area contributed by atoms with Crippen LogP contribution in [0.3, 0.4) is 0 Å². The van der Waals surface area contributed by atoms with Gasteiger partial charge < -0.3 is 15.3 Å². The van der Waals surface area contributed by atoms with E-state index in [2.05, 4.69) is 10.1 Å². The fourth-order valence-corrected chi connectivity index (χ4v) is 1.62. The lowest BCUT2D eigenvalue weighted by Crippen LogP contribution is -2.26. The van der Waals surface area contributed by atoms with E-state index in [1.54, 1.807) is 26.2 Å². The summed E-state index contributed by atoms with van der Waals surface area (Å²) in [6.45, 7) is 4.84. The summed E-state index contributed by atoms with van der Waals surface area (Å²) in [6, 6.07) is 0. The molecule has 0 saturated heterocycles. The summed E-state index contributed by atoms with van der Waals surface area (Å²) in [6.07, 6.45) is 0.476. The molecule has 0 aliphatic rings. The SMILES string of the molecule is CC(C)(C)OC(=O)CON=C(C=O)c1csc(N)n1. The number of nitrogens with two attached hydrogens (primary N) is 1. The highest BCUT2D eigenvalue weighted by atomic mass is 32.1. The number of hydrogen-bond donors (Lipinski definition) is 1. The molecule has 0 fully saturated rings. The maximum atomic E-state index is 11.3. The van der Waals surface area contributed by atoms with Gasteiger partial charge in [0.1, 0.15) is 11.3 Å².